The van der Waals surface area contributed by atoms with Crippen molar-refractivity contribution in [1.29, 1.82) is 0 Å². The van der Waals surface area contributed by atoms with Gasteiger partial charge in [-0.05, 0) is 66.0 Å². The van der Waals surface area contributed by atoms with Crippen molar-refractivity contribution in [3.05, 3.63) is 50.3 Å². The van der Waals surface area contributed by atoms with Crippen LogP contribution in [-0.2, 0) is 6.54 Å². The molecule has 0 aliphatic carbocycles. The van der Waals surface area contributed by atoms with Gasteiger partial charge in [-0.25, -0.2) is 9.97 Å². The van der Waals surface area contributed by atoms with E-state index >= 15 is 0 Å². The Morgan fingerprint density at radius 3 is 3.00 bits per heavy atom. The SMILES string of the molecule is Cc1nccc(Cn2c(=S)[nH]c3cc(I)ccc32)n1. The van der Waals surface area contributed by atoms with Crippen LogP contribution in [0.2, 0.25) is 0 Å². The van der Waals surface area contributed by atoms with Gasteiger partial charge in [-0.15, -0.1) is 0 Å². The minimum Gasteiger partial charge on any atom is -0.331 e. The maximum atomic E-state index is 5.39. The van der Waals surface area contributed by atoms with Crippen LogP contribution >= 0.6 is 34.8 Å². The van der Waals surface area contributed by atoms with E-state index in [1.165, 1.54) is 3.57 Å². The molecule has 0 aliphatic rings. The van der Waals surface area contributed by atoms with E-state index in [2.05, 4.69) is 60.3 Å². The van der Waals surface area contributed by atoms with Gasteiger partial charge < -0.3 is 9.55 Å². The molecule has 0 spiro atoms. The Bertz CT molecular complexity index is 806. The number of benzene rings is 1. The van der Waals surface area contributed by atoms with Crippen LogP contribution in [-0.4, -0.2) is 19.5 Å². The van der Waals surface area contributed by atoms with Crippen molar-refractivity contribution in [1.82, 2.24) is 19.5 Å². The first-order valence-electron chi connectivity index (χ1n) is 5.80. The van der Waals surface area contributed by atoms with Crippen LogP contribution in [0.5, 0.6) is 0 Å². The van der Waals surface area contributed by atoms with Gasteiger partial charge in [0.2, 0.25) is 0 Å². The van der Waals surface area contributed by atoms with Gasteiger partial charge in [0.1, 0.15) is 5.82 Å². The fourth-order valence-electron chi connectivity index (χ4n) is 2.05. The number of aryl methyl sites for hydroxylation is 1. The second kappa shape index (κ2) is 5.01. The maximum Gasteiger partial charge on any atom is 0.178 e. The van der Waals surface area contributed by atoms with E-state index in [0.717, 1.165) is 22.6 Å². The molecular weight excluding hydrogens is 371 g/mol. The van der Waals surface area contributed by atoms with Crippen LogP contribution < -0.4 is 0 Å². The van der Waals surface area contributed by atoms with Gasteiger partial charge in [-0.2, -0.15) is 0 Å². The standard InChI is InChI=1S/C13H11IN4S/c1-8-15-5-4-10(16-8)7-18-12-3-2-9(14)6-11(12)17-13(18)19/h2-6H,7H2,1H3,(H,17,19). The highest BCUT2D eigenvalue weighted by Crippen LogP contribution is 2.18. The molecule has 0 aliphatic heterocycles. The van der Waals surface area contributed by atoms with Gasteiger partial charge in [0, 0.05) is 9.77 Å². The van der Waals surface area contributed by atoms with Gasteiger partial charge in [-0.3, -0.25) is 0 Å². The summed E-state index contributed by atoms with van der Waals surface area (Å²) < 4.78 is 3.96. The Labute approximate surface area is 129 Å². The number of hydrogen-bond donors (Lipinski definition) is 1. The molecule has 0 unspecified atom stereocenters. The van der Waals surface area contributed by atoms with Crippen molar-refractivity contribution in [3.63, 3.8) is 0 Å². The summed E-state index contributed by atoms with van der Waals surface area (Å²) in [5.74, 6) is 0.776. The predicted molar refractivity (Wildman–Crippen MR) is 85.7 cm³/mol. The highest BCUT2D eigenvalue weighted by Gasteiger charge is 2.06. The molecule has 2 aromatic heterocycles. The molecule has 19 heavy (non-hydrogen) atoms. The number of hydrogen-bond acceptors (Lipinski definition) is 3. The topological polar surface area (TPSA) is 46.5 Å². The molecule has 6 heteroatoms. The highest BCUT2D eigenvalue weighted by molar-refractivity contribution is 14.1. The molecule has 4 nitrogen and oxygen atoms in total. The number of aromatic amines is 1. The molecule has 0 atom stereocenters. The fourth-order valence-corrected chi connectivity index (χ4v) is 2.81. The van der Waals surface area contributed by atoms with E-state index in [-0.39, 0.29) is 0 Å². The van der Waals surface area contributed by atoms with Gasteiger partial charge in [0.05, 0.1) is 23.3 Å². The van der Waals surface area contributed by atoms with Crippen molar-refractivity contribution in [3.8, 4) is 0 Å². The van der Waals surface area contributed by atoms with Crippen LogP contribution in [0.4, 0.5) is 0 Å². The summed E-state index contributed by atoms with van der Waals surface area (Å²) in [7, 11) is 0. The van der Waals surface area contributed by atoms with Crippen molar-refractivity contribution in [2.45, 2.75) is 13.5 Å². The monoisotopic (exact) mass is 382 g/mol. The first-order chi connectivity index (χ1) is 9.13. The molecule has 0 saturated heterocycles. The minimum absolute atomic E-state index is 0.656. The molecule has 0 fully saturated rings. The summed E-state index contributed by atoms with van der Waals surface area (Å²) in [5, 5.41) is 0. The quantitative estimate of drug-likeness (QED) is 0.546. The Morgan fingerprint density at radius 2 is 2.21 bits per heavy atom. The van der Waals surface area contributed by atoms with E-state index in [9.17, 15) is 0 Å². The van der Waals surface area contributed by atoms with Crippen LogP contribution in [0.1, 0.15) is 11.5 Å². The van der Waals surface area contributed by atoms with E-state index < -0.39 is 0 Å². The zero-order chi connectivity index (χ0) is 13.4. The molecule has 0 amide bonds. The Morgan fingerprint density at radius 1 is 1.37 bits per heavy atom. The zero-order valence-corrected chi connectivity index (χ0v) is 13.2. The molecule has 3 aromatic rings. The molecule has 0 radical (unpaired) electrons. The summed E-state index contributed by atoms with van der Waals surface area (Å²) in [6.45, 7) is 2.54. The second-order valence-electron chi connectivity index (χ2n) is 4.27. The smallest absolute Gasteiger partial charge is 0.178 e. The van der Waals surface area contributed by atoms with Gasteiger partial charge in [0.25, 0.3) is 0 Å². The first-order valence-corrected chi connectivity index (χ1v) is 7.29. The average molecular weight is 382 g/mol. The highest BCUT2D eigenvalue weighted by atomic mass is 127. The van der Waals surface area contributed by atoms with Crippen molar-refractivity contribution in [2.24, 2.45) is 0 Å². The molecule has 0 saturated carbocycles. The average Bonchev–Trinajstić information content (AvgIpc) is 2.65. The molecular formula is C13H11IN4S. The largest absolute Gasteiger partial charge is 0.331 e. The minimum atomic E-state index is 0.656. The van der Waals surface area contributed by atoms with Crippen molar-refractivity contribution >= 4 is 45.8 Å². The normalized spacial score (nSPS) is 11.1. The molecule has 2 heterocycles. The number of fused-ring (bicyclic) bond motifs is 1. The van der Waals surface area contributed by atoms with Gasteiger partial charge in [0.15, 0.2) is 4.77 Å². The van der Waals surface area contributed by atoms with Crippen LogP contribution in [0.3, 0.4) is 0 Å². The van der Waals surface area contributed by atoms with Crippen molar-refractivity contribution in [2.75, 3.05) is 0 Å². The number of nitrogens with one attached hydrogen (secondary N) is 1. The third-order valence-electron chi connectivity index (χ3n) is 2.89. The third-order valence-corrected chi connectivity index (χ3v) is 3.88. The third kappa shape index (κ3) is 2.55. The van der Waals surface area contributed by atoms with E-state index in [1.807, 2.05) is 13.0 Å². The van der Waals surface area contributed by atoms with Gasteiger partial charge >= 0.3 is 0 Å². The summed E-state index contributed by atoms with van der Waals surface area (Å²) in [5.41, 5.74) is 3.12. The molecule has 0 bridgehead atoms. The predicted octanol–water partition coefficient (Wildman–Crippen LogP) is 3.45. The summed E-state index contributed by atoms with van der Waals surface area (Å²) in [6, 6.07) is 8.17. The lowest BCUT2D eigenvalue weighted by atomic mass is 10.3. The van der Waals surface area contributed by atoms with Crippen LogP contribution in [0, 0.1) is 15.3 Å². The number of aromatic nitrogens is 4. The fraction of sp³-hybridized carbons (Fsp3) is 0.154. The molecule has 96 valence electrons. The summed E-state index contributed by atoms with van der Waals surface area (Å²) in [4.78, 5) is 11.8. The Balaban J connectivity index is 2.10. The molecule has 1 N–H and O–H groups in total. The number of imidazole rings is 1. The number of rotatable bonds is 2. The lowest BCUT2D eigenvalue weighted by Gasteiger charge is -2.04. The van der Waals surface area contributed by atoms with Gasteiger partial charge in [-0.1, -0.05) is 0 Å². The summed E-state index contributed by atoms with van der Waals surface area (Å²) >= 11 is 7.68. The zero-order valence-electron chi connectivity index (χ0n) is 10.2. The van der Waals surface area contributed by atoms with E-state index in [0.29, 0.717) is 11.3 Å². The van der Waals surface area contributed by atoms with Crippen LogP contribution in [0.15, 0.2) is 30.5 Å². The Kier molecular flexibility index (Phi) is 3.36. The molecule has 3 rings (SSSR count). The van der Waals surface area contributed by atoms with E-state index in [1.54, 1.807) is 6.20 Å². The molecule has 1 aromatic carbocycles. The first kappa shape index (κ1) is 12.7. The number of nitrogens with zero attached hydrogens (tertiary/aromatic N) is 3. The Hall–Kier alpha value is -1.28. The van der Waals surface area contributed by atoms with Crippen LogP contribution in [0.25, 0.3) is 11.0 Å². The van der Waals surface area contributed by atoms with E-state index in [4.69, 9.17) is 12.2 Å². The maximum absolute atomic E-state index is 5.39. The number of H-pyrrole nitrogens is 1. The van der Waals surface area contributed by atoms with Crippen molar-refractivity contribution < 1.29 is 0 Å². The summed E-state index contributed by atoms with van der Waals surface area (Å²) in [6.07, 6.45) is 1.78. The second-order valence-corrected chi connectivity index (χ2v) is 5.91. The number of halogens is 1. The lowest BCUT2D eigenvalue weighted by molar-refractivity contribution is 0.773. The lowest BCUT2D eigenvalue weighted by Crippen LogP contribution is -2.03.